The van der Waals surface area contributed by atoms with E-state index in [4.69, 9.17) is 5.26 Å². The normalized spacial score (nSPS) is 12.1. The van der Waals surface area contributed by atoms with Gasteiger partial charge in [0.05, 0.1) is 10.5 Å². The van der Waals surface area contributed by atoms with Crippen LogP contribution in [0.1, 0.15) is 75.5 Å². The van der Waals surface area contributed by atoms with E-state index in [1.54, 1.807) is 0 Å². The fourth-order valence-corrected chi connectivity index (χ4v) is 3.79. The number of hydrogen-bond acceptors (Lipinski definition) is 4. The molecule has 0 radical (unpaired) electrons. The van der Waals surface area contributed by atoms with Gasteiger partial charge in [-0.15, -0.1) is 0 Å². The molecule has 28 heavy (non-hydrogen) atoms. The third-order valence-corrected chi connectivity index (χ3v) is 5.45. The van der Waals surface area contributed by atoms with Crippen molar-refractivity contribution in [1.29, 1.82) is 5.26 Å². The van der Waals surface area contributed by atoms with Crippen LogP contribution in [0.4, 0.5) is 0 Å². The molecule has 0 saturated carbocycles. The highest BCUT2D eigenvalue weighted by molar-refractivity contribution is 8.03. The lowest BCUT2D eigenvalue weighted by molar-refractivity contribution is 0.0990. The summed E-state index contributed by atoms with van der Waals surface area (Å²) in [5.41, 5.74) is 2.68. The second-order valence-corrected chi connectivity index (χ2v) is 10.0. The zero-order valence-electron chi connectivity index (χ0n) is 17.9. The number of nitrogens with zero attached hydrogens (tertiary/aromatic N) is 2. The number of aromatic nitrogens is 1. The Morgan fingerprint density at radius 3 is 2.07 bits per heavy atom. The number of rotatable bonds is 5. The Morgan fingerprint density at radius 2 is 1.64 bits per heavy atom. The van der Waals surface area contributed by atoms with E-state index in [-0.39, 0.29) is 23.0 Å². The van der Waals surface area contributed by atoms with Crippen molar-refractivity contribution in [2.45, 2.75) is 77.2 Å². The first-order valence-corrected chi connectivity index (χ1v) is 10.4. The van der Waals surface area contributed by atoms with Crippen molar-refractivity contribution in [3.05, 3.63) is 46.8 Å². The zero-order valence-corrected chi connectivity index (χ0v) is 18.7. The molecule has 2 aromatic rings. The number of ketones is 1. The van der Waals surface area contributed by atoms with Crippen LogP contribution in [0, 0.1) is 10.7 Å². The maximum absolute atomic E-state index is 13.0. The van der Waals surface area contributed by atoms with E-state index in [1.807, 2.05) is 36.0 Å². The first-order chi connectivity index (χ1) is 12.9. The van der Waals surface area contributed by atoms with Gasteiger partial charge in [-0.25, -0.2) is 0 Å². The van der Waals surface area contributed by atoms with Crippen LogP contribution in [0.3, 0.4) is 0 Å². The van der Waals surface area contributed by atoms with Crippen LogP contribution in [-0.4, -0.2) is 15.5 Å². The van der Waals surface area contributed by atoms with E-state index in [1.165, 1.54) is 0 Å². The molecule has 0 aliphatic rings. The number of phenolic OH excluding ortho intramolecular Hbond substituents is 1. The molecule has 2 rings (SSSR count). The van der Waals surface area contributed by atoms with Crippen molar-refractivity contribution >= 4 is 17.5 Å². The SMILES string of the molecule is CCn1cc(SC#N)c(C(=O)Cc2cc(C(C)(C)C)c(O)c(C(C)(C)C)c2)c1. The Kier molecular flexibility index (Phi) is 6.35. The van der Waals surface area contributed by atoms with E-state index in [2.05, 4.69) is 46.9 Å². The molecule has 0 fully saturated rings. The van der Waals surface area contributed by atoms with Gasteiger partial charge >= 0.3 is 0 Å². The summed E-state index contributed by atoms with van der Waals surface area (Å²) in [5.74, 6) is 0.296. The molecule has 1 aromatic heterocycles. The van der Waals surface area contributed by atoms with Crippen molar-refractivity contribution in [2.24, 2.45) is 0 Å². The summed E-state index contributed by atoms with van der Waals surface area (Å²) < 4.78 is 1.92. The van der Waals surface area contributed by atoms with Crippen molar-refractivity contribution in [3.63, 3.8) is 0 Å². The van der Waals surface area contributed by atoms with Crippen molar-refractivity contribution in [3.8, 4) is 11.2 Å². The summed E-state index contributed by atoms with van der Waals surface area (Å²) >= 11 is 1.02. The van der Waals surface area contributed by atoms with Gasteiger partial charge in [-0.3, -0.25) is 4.79 Å². The Balaban J connectivity index is 2.51. The second-order valence-electron chi connectivity index (χ2n) is 9.20. The summed E-state index contributed by atoms with van der Waals surface area (Å²) in [6.07, 6.45) is 3.90. The smallest absolute Gasteiger partial charge is 0.169 e. The fourth-order valence-electron chi connectivity index (χ4n) is 3.23. The summed E-state index contributed by atoms with van der Waals surface area (Å²) in [6.45, 7) is 15.1. The first-order valence-electron chi connectivity index (χ1n) is 9.54. The zero-order chi connectivity index (χ0) is 21.3. The molecule has 0 aliphatic carbocycles. The number of thioether (sulfide) groups is 1. The number of aromatic hydroxyl groups is 1. The minimum Gasteiger partial charge on any atom is -0.507 e. The van der Waals surface area contributed by atoms with Gasteiger partial charge in [0.1, 0.15) is 11.2 Å². The minimum absolute atomic E-state index is 0.0182. The lowest BCUT2D eigenvalue weighted by Gasteiger charge is -2.28. The lowest BCUT2D eigenvalue weighted by atomic mass is 9.78. The monoisotopic (exact) mass is 398 g/mol. The minimum atomic E-state index is -0.240. The summed E-state index contributed by atoms with van der Waals surface area (Å²) in [6, 6.07) is 3.88. The van der Waals surface area contributed by atoms with Crippen LogP contribution in [0.15, 0.2) is 29.4 Å². The van der Waals surface area contributed by atoms with E-state index in [0.717, 1.165) is 35.0 Å². The number of phenols is 1. The molecule has 1 N–H and O–H groups in total. The molecule has 0 spiro atoms. The average Bonchev–Trinajstić information content (AvgIpc) is 2.98. The molecule has 0 aliphatic heterocycles. The van der Waals surface area contributed by atoms with Crippen molar-refractivity contribution in [1.82, 2.24) is 4.57 Å². The van der Waals surface area contributed by atoms with Crippen LogP contribution in [-0.2, 0) is 23.8 Å². The molecule has 0 unspecified atom stereocenters. The molecule has 0 amide bonds. The van der Waals surface area contributed by atoms with Crippen LogP contribution in [0.25, 0.3) is 0 Å². The highest BCUT2D eigenvalue weighted by Gasteiger charge is 2.27. The Hall–Kier alpha value is -2.19. The van der Waals surface area contributed by atoms with Gasteiger partial charge in [-0.1, -0.05) is 53.7 Å². The highest BCUT2D eigenvalue weighted by Crippen LogP contribution is 2.40. The number of hydrogen-bond donors (Lipinski definition) is 1. The van der Waals surface area contributed by atoms with E-state index in [0.29, 0.717) is 16.2 Å². The second kappa shape index (κ2) is 8.05. The molecule has 0 saturated heterocycles. The van der Waals surface area contributed by atoms with Gasteiger partial charge < -0.3 is 9.67 Å². The Labute approximate surface area is 172 Å². The van der Waals surface area contributed by atoms with Crippen LogP contribution < -0.4 is 0 Å². The molecule has 5 heteroatoms. The fraction of sp³-hybridized carbons (Fsp3) is 0.478. The molecule has 0 bridgehead atoms. The topological polar surface area (TPSA) is 66.0 Å². The number of carbonyl (C=O) groups excluding carboxylic acids is 1. The standard InChI is InChI=1S/C23H30N2O2S/c1-8-25-12-16(20(13-25)28-14-24)19(26)11-15-9-17(22(2,3)4)21(27)18(10-15)23(5,6)7/h9-10,12-13,27H,8,11H2,1-7H3. The highest BCUT2D eigenvalue weighted by atomic mass is 32.2. The number of Topliss-reactive ketones (excluding diaryl/α,β-unsaturated/α-hetero) is 1. The summed E-state index contributed by atoms with van der Waals surface area (Å²) in [4.78, 5) is 13.7. The number of nitriles is 1. The number of carbonyl (C=O) groups is 1. The number of aryl methyl sites for hydroxylation is 1. The van der Waals surface area contributed by atoms with E-state index < -0.39 is 0 Å². The third-order valence-electron chi connectivity index (χ3n) is 4.82. The lowest BCUT2D eigenvalue weighted by Crippen LogP contribution is -2.18. The summed E-state index contributed by atoms with van der Waals surface area (Å²) in [5, 5.41) is 22.0. The molecule has 150 valence electrons. The van der Waals surface area contributed by atoms with Crippen LogP contribution in [0.2, 0.25) is 0 Å². The predicted octanol–water partition coefficient (Wildman–Crippen LogP) is 5.81. The molecular formula is C23H30N2O2S. The van der Waals surface area contributed by atoms with Crippen LogP contribution >= 0.6 is 11.8 Å². The summed E-state index contributed by atoms with van der Waals surface area (Å²) in [7, 11) is 0. The van der Waals surface area contributed by atoms with E-state index >= 15 is 0 Å². The quantitative estimate of drug-likeness (QED) is 0.392. The van der Waals surface area contributed by atoms with Crippen molar-refractivity contribution < 1.29 is 9.90 Å². The Bertz CT molecular complexity index is 887. The third kappa shape index (κ3) is 4.80. The van der Waals surface area contributed by atoms with Gasteiger partial charge in [0.2, 0.25) is 0 Å². The first kappa shape index (κ1) is 22.1. The van der Waals surface area contributed by atoms with Gasteiger partial charge in [-0.2, -0.15) is 5.26 Å². The number of benzene rings is 1. The van der Waals surface area contributed by atoms with Crippen molar-refractivity contribution in [2.75, 3.05) is 0 Å². The van der Waals surface area contributed by atoms with Crippen LogP contribution in [0.5, 0.6) is 5.75 Å². The van der Waals surface area contributed by atoms with E-state index in [9.17, 15) is 9.90 Å². The van der Waals surface area contributed by atoms with Gasteiger partial charge in [0.15, 0.2) is 5.78 Å². The Morgan fingerprint density at radius 1 is 1.11 bits per heavy atom. The molecular weight excluding hydrogens is 368 g/mol. The predicted molar refractivity (Wildman–Crippen MR) is 115 cm³/mol. The van der Waals surface area contributed by atoms with Gasteiger partial charge in [0, 0.05) is 25.4 Å². The number of thiocyanates is 1. The molecule has 4 nitrogen and oxygen atoms in total. The maximum Gasteiger partial charge on any atom is 0.169 e. The maximum atomic E-state index is 13.0. The average molecular weight is 399 g/mol. The van der Waals surface area contributed by atoms with Gasteiger partial charge in [-0.05, 0) is 46.2 Å². The molecule has 1 heterocycles. The molecule has 1 aromatic carbocycles. The largest absolute Gasteiger partial charge is 0.507 e. The molecule has 0 atom stereocenters. The van der Waals surface area contributed by atoms with Gasteiger partial charge in [0.25, 0.3) is 0 Å².